The molecule has 2 N–H and O–H groups in total. The number of hydrogen-bond donors (Lipinski definition) is 1. The fourth-order valence-electron chi connectivity index (χ4n) is 1.99. The lowest BCUT2D eigenvalue weighted by Crippen LogP contribution is -2.09. The predicted molar refractivity (Wildman–Crippen MR) is 79.5 cm³/mol. The van der Waals surface area contributed by atoms with E-state index in [2.05, 4.69) is 13.0 Å². The Balaban J connectivity index is 2.19. The molecule has 0 unspecified atom stereocenters. The normalized spacial score (nSPS) is 11.7. The van der Waals surface area contributed by atoms with Crippen molar-refractivity contribution in [3.8, 4) is 17.6 Å². The van der Waals surface area contributed by atoms with Gasteiger partial charge in [-0.15, -0.1) is 0 Å². The van der Waals surface area contributed by atoms with Crippen molar-refractivity contribution >= 4 is 0 Å². The zero-order valence-electron chi connectivity index (χ0n) is 11.5. The largest absolute Gasteiger partial charge is 0.457 e. The minimum Gasteiger partial charge on any atom is -0.457 e. The van der Waals surface area contributed by atoms with Crippen LogP contribution in [0.25, 0.3) is 0 Å². The zero-order chi connectivity index (χ0) is 14.4. The first-order chi connectivity index (χ1) is 9.74. The van der Waals surface area contributed by atoms with Crippen LogP contribution in [-0.2, 0) is 6.42 Å². The highest BCUT2D eigenvalue weighted by Gasteiger charge is 2.10. The molecule has 3 heteroatoms. The van der Waals surface area contributed by atoms with Crippen LogP contribution >= 0.6 is 0 Å². The van der Waals surface area contributed by atoms with Crippen LogP contribution in [-0.4, -0.2) is 0 Å². The molecule has 0 aliphatic heterocycles. The van der Waals surface area contributed by atoms with Crippen LogP contribution < -0.4 is 10.5 Å². The number of nitriles is 1. The average Bonchev–Trinajstić information content (AvgIpc) is 2.49. The van der Waals surface area contributed by atoms with Crippen molar-refractivity contribution in [2.45, 2.75) is 25.8 Å². The Morgan fingerprint density at radius 1 is 1.15 bits per heavy atom. The topological polar surface area (TPSA) is 59.0 Å². The summed E-state index contributed by atoms with van der Waals surface area (Å²) < 4.78 is 5.90. The van der Waals surface area contributed by atoms with E-state index in [1.807, 2.05) is 48.5 Å². The van der Waals surface area contributed by atoms with Crippen LogP contribution in [0.2, 0.25) is 0 Å². The first-order valence-corrected chi connectivity index (χ1v) is 6.73. The molecule has 0 saturated heterocycles. The van der Waals surface area contributed by atoms with Crippen LogP contribution in [0.1, 0.15) is 30.5 Å². The van der Waals surface area contributed by atoms with Gasteiger partial charge in [-0.3, -0.25) is 0 Å². The summed E-state index contributed by atoms with van der Waals surface area (Å²) in [5.74, 6) is 1.54. The third kappa shape index (κ3) is 3.37. The molecule has 1 atom stereocenters. The van der Waals surface area contributed by atoms with E-state index < -0.39 is 0 Å². The van der Waals surface area contributed by atoms with Gasteiger partial charge in [-0.05, 0) is 30.2 Å². The van der Waals surface area contributed by atoms with Crippen molar-refractivity contribution < 1.29 is 4.74 Å². The van der Waals surface area contributed by atoms with Gasteiger partial charge >= 0.3 is 0 Å². The Kier molecular flexibility index (Phi) is 4.75. The van der Waals surface area contributed by atoms with Crippen molar-refractivity contribution in [2.75, 3.05) is 0 Å². The Bertz CT molecular complexity index is 599. The third-order valence-electron chi connectivity index (χ3n) is 3.19. The van der Waals surface area contributed by atoms with E-state index in [1.54, 1.807) is 0 Å². The molecule has 0 aromatic heterocycles. The summed E-state index contributed by atoms with van der Waals surface area (Å²) in [6.07, 6.45) is 1.28. The van der Waals surface area contributed by atoms with Gasteiger partial charge in [-0.25, -0.2) is 0 Å². The van der Waals surface area contributed by atoms with Gasteiger partial charge in [0.1, 0.15) is 11.5 Å². The van der Waals surface area contributed by atoms with Gasteiger partial charge in [0.05, 0.1) is 12.5 Å². The van der Waals surface area contributed by atoms with Crippen molar-refractivity contribution in [2.24, 2.45) is 5.73 Å². The van der Waals surface area contributed by atoms with Crippen LogP contribution in [0.4, 0.5) is 0 Å². The van der Waals surface area contributed by atoms with Gasteiger partial charge in [0.25, 0.3) is 0 Å². The first-order valence-electron chi connectivity index (χ1n) is 6.73. The summed E-state index contributed by atoms with van der Waals surface area (Å²) in [5, 5.41) is 8.65. The van der Waals surface area contributed by atoms with E-state index >= 15 is 0 Å². The molecule has 0 aliphatic rings. The molecule has 102 valence electrons. The Morgan fingerprint density at radius 2 is 1.85 bits per heavy atom. The molecule has 0 bridgehead atoms. The van der Waals surface area contributed by atoms with Gasteiger partial charge in [0.15, 0.2) is 0 Å². The molecular formula is C17H18N2O. The van der Waals surface area contributed by atoms with E-state index in [9.17, 15) is 0 Å². The van der Waals surface area contributed by atoms with Crippen LogP contribution in [0, 0.1) is 11.3 Å². The summed E-state index contributed by atoms with van der Waals surface area (Å²) in [7, 11) is 0. The standard InChI is InChI=1S/C17H18N2O/c1-2-16(19)15-5-3-4-6-17(15)20-14-9-7-13(8-10-14)11-12-18/h3-10,16H,2,11,19H2,1H3/t16-/m0/s1. The van der Waals surface area contributed by atoms with Crippen molar-refractivity contribution in [3.63, 3.8) is 0 Å². The van der Waals surface area contributed by atoms with Crippen LogP contribution in [0.5, 0.6) is 11.5 Å². The number of ether oxygens (including phenoxy) is 1. The van der Waals surface area contributed by atoms with E-state index in [0.717, 1.165) is 29.0 Å². The highest BCUT2D eigenvalue weighted by atomic mass is 16.5. The second-order valence-corrected chi connectivity index (χ2v) is 4.63. The fraction of sp³-hybridized carbons (Fsp3) is 0.235. The quantitative estimate of drug-likeness (QED) is 0.891. The SMILES string of the molecule is CC[C@H](N)c1ccccc1Oc1ccc(CC#N)cc1. The molecule has 0 amide bonds. The summed E-state index contributed by atoms with van der Waals surface area (Å²) in [4.78, 5) is 0. The number of hydrogen-bond acceptors (Lipinski definition) is 3. The first kappa shape index (κ1) is 14.1. The molecule has 3 nitrogen and oxygen atoms in total. The maximum absolute atomic E-state index is 8.65. The second kappa shape index (κ2) is 6.74. The lowest BCUT2D eigenvalue weighted by Gasteiger charge is -2.15. The Labute approximate surface area is 119 Å². The Hall–Kier alpha value is -2.31. The van der Waals surface area contributed by atoms with Crippen LogP contribution in [0.15, 0.2) is 48.5 Å². The van der Waals surface area contributed by atoms with Gasteiger partial charge in [-0.2, -0.15) is 5.26 Å². The number of rotatable bonds is 5. The number of nitrogens with two attached hydrogens (primary N) is 1. The molecule has 0 saturated carbocycles. The minimum atomic E-state index is -0.0240. The summed E-state index contributed by atoms with van der Waals surface area (Å²) in [6.45, 7) is 2.05. The molecule has 0 fully saturated rings. The molecule has 0 aliphatic carbocycles. The van der Waals surface area contributed by atoms with Crippen molar-refractivity contribution in [1.29, 1.82) is 5.26 Å². The highest BCUT2D eigenvalue weighted by molar-refractivity contribution is 5.40. The van der Waals surface area contributed by atoms with Gasteiger partial charge < -0.3 is 10.5 Å². The molecule has 0 radical (unpaired) electrons. The lowest BCUT2D eigenvalue weighted by molar-refractivity contribution is 0.468. The zero-order valence-corrected chi connectivity index (χ0v) is 11.5. The highest BCUT2D eigenvalue weighted by Crippen LogP contribution is 2.29. The number of para-hydroxylation sites is 1. The number of benzene rings is 2. The molecule has 2 aromatic carbocycles. The predicted octanol–water partition coefficient (Wildman–Crippen LogP) is 3.95. The van der Waals surface area contributed by atoms with Gasteiger partial charge in [-0.1, -0.05) is 37.3 Å². The monoisotopic (exact) mass is 266 g/mol. The molecule has 2 aromatic rings. The van der Waals surface area contributed by atoms with Crippen molar-refractivity contribution in [1.82, 2.24) is 0 Å². The van der Waals surface area contributed by atoms with E-state index in [0.29, 0.717) is 6.42 Å². The van der Waals surface area contributed by atoms with Gasteiger partial charge in [0, 0.05) is 11.6 Å². The van der Waals surface area contributed by atoms with Crippen molar-refractivity contribution in [3.05, 3.63) is 59.7 Å². The minimum absolute atomic E-state index is 0.0240. The number of nitrogens with zero attached hydrogens (tertiary/aromatic N) is 1. The molecule has 0 heterocycles. The molecule has 0 spiro atoms. The smallest absolute Gasteiger partial charge is 0.132 e. The van der Waals surface area contributed by atoms with E-state index in [4.69, 9.17) is 15.7 Å². The molecular weight excluding hydrogens is 248 g/mol. The second-order valence-electron chi connectivity index (χ2n) is 4.63. The maximum atomic E-state index is 8.65. The average molecular weight is 266 g/mol. The summed E-state index contributed by atoms with van der Waals surface area (Å²) in [5.41, 5.74) is 8.09. The van der Waals surface area contributed by atoms with E-state index in [-0.39, 0.29) is 6.04 Å². The molecule has 20 heavy (non-hydrogen) atoms. The third-order valence-corrected chi connectivity index (χ3v) is 3.19. The lowest BCUT2D eigenvalue weighted by atomic mass is 10.0. The van der Waals surface area contributed by atoms with E-state index in [1.165, 1.54) is 0 Å². The summed E-state index contributed by atoms with van der Waals surface area (Å²) >= 11 is 0. The summed E-state index contributed by atoms with van der Waals surface area (Å²) in [6, 6.07) is 17.5. The fourth-order valence-corrected chi connectivity index (χ4v) is 1.99. The van der Waals surface area contributed by atoms with Crippen LogP contribution in [0.3, 0.4) is 0 Å². The molecule has 2 rings (SSSR count). The Morgan fingerprint density at radius 3 is 2.50 bits per heavy atom. The maximum Gasteiger partial charge on any atom is 0.132 e. The van der Waals surface area contributed by atoms with Gasteiger partial charge in [0.2, 0.25) is 0 Å².